The van der Waals surface area contributed by atoms with Gasteiger partial charge >= 0.3 is 7.60 Å². The number of halogens is 1. The van der Waals surface area contributed by atoms with Crippen molar-refractivity contribution in [2.45, 2.75) is 6.42 Å². The molecule has 1 unspecified atom stereocenters. The van der Waals surface area contributed by atoms with Gasteiger partial charge in [-0.15, -0.1) is 0 Å². The smallest absolute Gasteiger partial charge is 0.324 e. The van der Waals surface area contributed by atoms with Crippen LogP contribution < -0.4 is 0 Å². The fourth-order valence-corrected chi connectivity index (χ4v) is 2.62. The van der Waals surface area contributed by atoms with Crippen LogP contribution in [0.5, 0.6) is 0 Å². The number of aryl methyl sites for hydroxylation is 1. The van der Waals surface area contributed by atoms with Gasteiger partial charge in [0.05, 0.1) is 12.8 Å². The van der Waals surface area contributed by atoms with Crippen molar-refractivity contribution in [3.63, 3.8) is 0 Å². The summed E-state index contributed by atoms with van der Waals surface area (Å²) in [6.07, 6.45) is 0.737. The number of hydrogen-bond donors (Lipinski definition) is 1. The molecule has 84 valence electrons. The topological polar surface area (TPSA) is 46.5 Å². The Kier molecular flexibility index (Phi) is 5.54. The Balaban J connectivity index is 2.39. The molecule has 0 aliphatic carbocycles. The summed E-state index contributed by atoms with van der Waals surface area (Å²) in [6.45, 7) is 0.266. The van der Waals surface area contributed by atoms with E-state index in [9.17, 15) is 9.46 Å². The molecule has 0 fully saturated rings. The van der Waals surface area contributed by atoms with Gasteiger partial charge in [-0.25, -0.2) is 0 Å². The van der Waals surface area contributed by atoms with Crippen LogP contribution in [0, 0.1) is 0 Å². The predicted molar refractivity (Wildman–Crippen MR) is 64.6 cm³/mol. The average molecular weight is 293 g/mol. The van der Waals surface area contributed by atoms with Crippen molar-refractivity contribution >= 4 is 23.5 Å². The van der Waals surface area contributed by atoms with Crippen LogP contribution in [0.15, 0.2) is 30.3 Å². The second-order valence-corrected chi connectivity index (χ2v) is 5.89. The first kappa shape index (κ1) is 12.9. The minimum atomic E-state index is -3.40. The van der Waals surface area contributed by atoms with E-state index in [-0.39, 0.29) is 12.8 Å². The maximum atomic E-state index is 11.5. The largest absolute Gasteiger partial charge is 0.328 e. The van der Waals surface area contributed by atoms with Crippen molar-refractivity contribution in [3.05, 3.63) is 35.9 Å². The maximum Gasteiger partial charge on any atom is 0.328 e. The fourth-order valence-electron chi connectivity index (χ4n) is 1.16. The molecule has 0 amide bonds. The van der Waals surface area contributed by atoms with Crippen LogP contribution in [0.1, 0.15) is 5.56 Å². The second kappa shape index (κ2) is 6.44. The third-order valence-electron chi connectivity index (χ3n) is 1.90. The van der Waals surface area contributed by atoms with Crippen LogP contribution in [0.3, 0.4) is 0 Å². The minimum Gasteiger partial charge on any atom is -0.324 e. The van der Waals surface area contributed by atoms with Crippen molar-refractivity contribution in [2.75, 3.05) is 18.1 Å². The molecule has 1 aromatic carbocycles. The van der Waals surface area contributed by atoms with Gasteiger partial charge < -0.3 is 9.42 Å². The standard InChI is InChI=1S/C10H14BrO3P/c11-7-8-14-15(12,13)9-6-10-4-2-1-3-5-10/h1-5H,6-9H2,(H,12,13). The zero-order chi connectivity index (χ0) is 11.1. The normalized spacial score (nSPS) is 14.8. The SMILES string of the molecule is O=P(O)(CCc1ccccc1)OCCBr. The van der Waals surface area contributed by atoms with E-state index in [1.807, 2.05) is 30.3 Å². The monoisotopic (exact) mass is 292 g/mol. The Hall–Kier alpha value is -0.150. The van der Waals surface area contributed by atoms with E-state index < -0.39 is 7.60 Å². The molecule has 1 N–H and O–H groups in total. The molecule has 0 aliphatic rings. The molecular formula is C10H14BrO3P. The molecule has 0 bridgehead atoms. The van der Waals surface area contributed by atoms with Crippen molar-refractivity contribution in [1.82, 2.24) is 0 Å². The molecule has 5 heteroatoms. The van der Waals surface area contributed by atoms with Crippen LogP contribution >= 0.6 is 23.5 Å². The Morgan fingerprint density at radius 3 is 2.60 bits per heavy atom. The van der Waals surface area contributed by atoms with E-state index in [4.69, 9.17) is 4.52 Å². The van der Waals surface area contributed by atoms with E-state index in [1.54, 1.807) is 0 Å². The highest BCUT2D eigenvalue weighted by atomic mass is 79.9. The summed E-state index contributed by atoms with van der Waals surface area (Å²) in [4.78, 5) is 9.42. The van der Waals surface area contributed by atoms with Crippen LogP contribution in [0.25, 0.3) is 0 Å². The summed E-state index contributed by atoms with van der Waals surface area (Å²) in [5, 5.41) is 0.572. The minimum absolute atomic E-state index is 0.171. The summed E-state index contributed by atoms with van der Waals surface area (Å²) in [7, 11) is -3.40. The molecule has 1 aromatic rings. The Labute approximate surface area is 98.1 Å². The molecule has 1 atom stereocenters. The lowest BCUT2D eigenvalue weighted by Gasteiger charge is -2.10. The van der Waals surface area contributed by atoms with Crippen molar-refractivity contribution < 1.29 is 14.0 Å². The zero-order valence-electron chi connectivity index (χ0n) is 8.30. The van der Waals surface area contributed by atoms with Gasteiger partial charge in [-0.05, 0) is 12.0 Å². The molecule has 3 nitrogen and oxygen atoms in total. The molecular weight excluding hydrogens is 279 g/mol. The maximum absolute atomic E-state index is 11.5. The molecule has 0 aliphatic heterocycles. The van der Waals surface area contributed by atoms with Gasteiger partial charge in [0.15, 0.2) is 0 Å². The molecule has 0 spiro atoms. The first-order chi connectivity index (χ1) is 7.14. The van der Waals surface area contributed by atoms with Gasteiger partial charge in [0, 0.05) is 5.33 Å². The van der Waals surface area contributed by atoms with Gasteiger partial charge in [-0.1, -0.05) is 46.3 Å². The van der Waals surface area contributed by atoms with E-state index in [0.717, 1.165) is 5.56 Å². The van der Waals surface area contributed by atoms with E-state index in [0.29, 0.717) is 11.8 Å². The van der Waals surface area contributed by atoms with Crippen LogP contribution in [0.4, 0.5) is 0 Å². The predicted octanol–water partition coefficient (Wildman–Crippen LogP) is 2.83. The first-order valence-electron chi connectivity index (χ1n) is 4.70. The lowest BCUT2D eigenvalue weighted by atomic mass is 10.2. The summed E-state index contributed by atoms with van der Waals surface area (Å²) >= 11 is 3.14. The van der Waals surface area contributed by atoms with Gasteiger partial charge in [0.25, 0.3) is 0 Å². The highest BCUT2D eigenvalue weighted by molar-refractivity contribution is 9.09. The summed E-state index contributed by atoms with van der Waals surface area (Å²) in [6, 6.07) is 9.62. The molecule has 0 radical (unpaired) electrons. The van der Waals surface area contributed by atoms with Gasteiger partial charge in [-0.2, -0.15) is 0 Å². The molecule has 0 saturated carbocycles. The number of benzene rings is 1. The van der Waals surface area contributed by atoms with Crippen molar-refractivity contribution in [1.29, 1.82) is 0 Å². The molecule has 0 saturated heterocycles. The van der Waals surface area contributed by atoms with Gasteiger partial charge in [-0.3, -0.25) is 4.57 Å². The summed E-state index contributed by atoms with van der Waals surface area (Å²) in [5.41, 5.74) is 1.05. The number of hydrogen-bond acceptors (Lipinski definition) is 2. The Morgan fingerprint density at radius 2 is 2.00 bits per heavy atom. The Bertz CT molecular complexity index is 329. The third kappa shape index (κ3) is 5.47. The van der Waals surface area contributed by atoms with Crippen LogP contribution in [-0.4, -0.2) is 23.0 Å². The molecule has 15 heavy (non-hydrogen) atoms. The number of rotatable bonds is 6. The molecule has 0 heterocycles. The second-order valence-electron chi connectivity index (χ2n) is 3.12. The van der Waals surface area contributed by atoms with Gasteiger partial charge in [0.2, 0.25) is 0 Å². The fraction of sp³-hybridized carbons (Fsp3) is 0.400. The van der Waals surface area contributed by atoms with Crippen LogP contribution in [0.2, 0.25) is 0 Å². The third-order valence-corrected chi connectivity index (χ3v) is 3.59. The Morgan fingerprint density at radius 1 is 1.33 bits per heavy atom. The van der Waals surface area contributed by atoms with E-state index in [2.05, 4.69) is 15.9 Å². The summed E-state index contributed by atoms with van der Waals surface area (Å²) < 4.78 is 16.3. The van der Waals surface area contributed by atoms with E-state index >= 15 is 0 Å². The highest BCUT2D eigenvalue weighted by Crippen LogP contribution is 2.42. The van der Waals surface area contributed by atoms with Crippen molar-refractivity contribution in [3.8, 4) is 0 Å². The summed E-state index contributed by atoms with van der Waals surface area (Å²) in [5.74, 6) is 0. The quantitative estimate of drug-likeness (QED) is 0.648. The first-order valence-corrected chi connectivity index (χ1v) is 7.59. The van der Waals surface area contributed by atoms with E-state index in [1.165, 1.54) is 0 Å². The zero-order valence-corrected chi connectivity index (χ0v) is 10.8. The van der Waals surface area contributed by atoms with Crippen LogP contribution in [-0.2, 0) is 15.5 Å². The lowest BCUT2D eigenvalue weighted by Crippen LogP contribution is -2.00. The van der Waals surface area contributed by atoms with Gasteiger partial charge in [0.1, 0.15) is 0 Å². The van der Waals surface area contributed by atoms with Crippen molar-refractivity contribution in [2.24, 2.45) is 0 Å². The molecule has 1 rings (SSSR count). The molecule has 0 aromatic heterocycles. The highest BCUT2D eigenvalue weighted by Gasteiger charge is 2.18. The average Bonchev–Trinajstić information content (AvgIpc) is 2.25. The lowest BCUT2D eigenvalue weighted by molar-refractivity contribution is 0.276. The number of alkyl halides is 1.